The van der Waals surface area contributed by atoms with E-state index in [0.717, 1.165) is 31.5 Å². The fourth-order valence-electron chi connectivity index (χ4n) is 4.17. The van der Waals surface area contributed by atoms with Crippen LogP contribution in [0.3, 0.4) is 0 Å². The van der Waals surface area contributed by atoms with Gasteiger partial charge in [0.1, 0.15) is 11.6 Å². The molecule has 5 rings (SSSR count). The molecule has 1 aliphatic heterocycles. The van der Waals surface area contributed by atoms with Crippen molar-refractivity contribution in [3.05, 3.63) is 88.4 Å². The van der Waals surface area contributed by atoms with E-state index in [-0.39, 0.29) is 17.0 Å². The summed E-state index contributed by atoms with van der Waals surface area (Å²) in [6, 6.07) is 14.1. The molecule has 1 aliphatic rings. The number of anilines is 1. The molecule has 0 unspecified atom stereocenters. The Morgan fingerprint density at radius 2 is 1.94 bits per heavy atom. The van der Waals surface area contributed by atoms with Gasteiger partial charge in [0.25, 0.3) is 11.5 Å². The van der Waals surface area contributed by atoms with Crippen molar-refractivity contribution in [3.63, 3.8) is 0 Å². The minimum absolute atomic E-state index is 0.0118. The van der Waals surface area contributed by atoms with E-state index in [9.17, 15) is 18.0 Å². The van der Waals surface area contributed by atoms with Gasteiger partial charge >= 0.3 is 0 Å². The Bertz CT molecular complexity index is 1560. The number of hydrogen-bond acceptors (Lipinski definition) is 6. The van der Waals surface area contributed by atoms with Crippen molar-refractivity contribution in [2.45, 2.75) is 43.7 Å². The predicted octanol–water partition coefficient (Wildman–Crippen LogP) is 3.45. The van der Waals surface area contributed by atoms with Crippen molar-refractivity contribution >= 4 is 32.5 Å². The fourth-order valence-corrected chi connectivity index (χ4v) is 5.21. The quantitative estimate of drug-likeness (QED) is 0.425. The Hall–Kier alpha value is -3.76. The first-order chi connectivity index (χ1) is 16.9. The number of sulfonamides is 1. The lowest BCUT2D eigenvalue weighted by molar-refractivity contribution is 0.102. The molecule has 0 bridgehead atoms. The highest BCUT2D eigenvalue weighted by molar-refractivity contribution is 7.89. The van der Waals surface area contributed by atoms with Gasteiger partial charge in [-0.2, -0.15) is 0 Å². The van der Waals surface area contributed by atoms with Crippen LogP contribution in [0.25, 0.3) is 10.9 Å². The Balaban J connectivity index is 1.36. The van der Waals surface area contributed by atoms with Crippen molar-refractivity contribution in [1.82, 2.24) is 14.3 Å². The lowest BCUT2D eigenvalue weighted by atomic mass is 10.1. The number of amides is 1. The second-order valence-corrected chi connectivity index (χ2v) is 10.2. The molecule has 0 spiro atoms. The smallest absolute Gasteiger partial charge is 0.261 e. The normalized spacial score (nSPS) is 13.8. The van der Waals surface area contributed by atoms with Gasteiger partial charge in [-0.25, -0.2) is 18.1 Å². The maximum atomic E-state index is 12.9. The van der Waals surface area contributed by atoms with E-state index in [0.29, 0.717) is 34.5 Å². The van der Waals surface area contributed by atoms with E-state index in [1.807, 2.05) is 0 Å². The molecular formula is C25H24N4O5S. The second-order valence-electron chi connectivity index (χ2n) is 8.41. The molecule has 2 N–H and O–H groups in total. The standard InChI is InChI=1S/C25H24N4O5S/c30-24(17-10-11-21-22(14-17)28-23-9-2-1-3-12-29(23)25(21)31)27-18-6-4-8-20(15-18)35(32,33)26-16-19-7-5-13-34-19/h4-8,10-11,13-15,26H,1-3,9,12,16H2,(H,27,30). The van der Waals surface area contributed by atoms with Crippen molar-refractivity contribution < 1.29 is 17.6 Å². The SMILES string of the molecule is O=C(Nc1cccc(S(=O)(=O)NCc2ccco2)c1)c1ccc2c(=O)n3c(nc2c1)CCCCC3. The van der Waals surface area contributed by atoms with E-state index in [2.05, 4.69) is 15.0 Å². The molecule has 3 heterocycles. The fraction of sp³-hybridized carbons (Fsp3) is 0.240. The summed E-state index contributed by atoms with van der Waals surface area (Å²) in [5.41, 5.74) is 1.05. The molecule has 0 saturated carbocycles. The monoisotopic (exact) mass is 492 g/mol. The van der Waals surface area contributed by atoms with Crippen LogP contribution in [0.5, 0.6) is 0 Å². The minimum atomic E-state index is -3.81. The van der Waals surface area contributed by atoms with E-state index in [4.69, 9.17) is 4.42 Å². The summed E-state index contributed by atoms with van der Waals surface area (Å²) in [6.07, 6.45) is 5.19. The molecule has 2 aromatic heterocycles. The summed E-state index contributed by atoms with van der Waals surface area (Å²) in [6.45, 7) is 0.675. The minimum Gasteiger partial charge on any atom is -0.468 e. The Labute approximate surface area is 201 Å². The van der Waals surface area contributed by atoms with Gasteiger partial charge in [0, 0.05) is 24.2 Å². The first-order valence-corrected chi connectivity index (χ1v) is 12.9. The maximum Gasteiger partial charge on any atom is 0.261 e. The van der Waals surface area contributed by atoms with Gasteiger partial charge in [-0.15, -0.1) is 0 Å². The third-order valence-electron chi connectivity index (χ3n) is 6.00. The number of furan rings is 1. The van der Waals surface area contributed by atoms with E-state index in [1.54, 1.807) is 47.0 Å². The Morgan fingerprint density at radius 3 is 2.77 bits per heavy atom. The predicted molar refractivity (Wildman–Crippen MR) is 131 cm³/mol. The molecule has 2 aromatic carbocycles. The van der Waals surface area contributed by atoms with Crippen LogP contribution in [-0.4, -0.2) is 23.9 Å². The zero-order valence-electron chi connectivity index (χ0n) is 18.9. The molecule has 0 aliphatic carbocycles. The average molecular weight is 493 g/mol. The first-order valence-electron chi connectivity index (χ1n) is 11.4. The van der Waals surface area contributed by atoms with Gasteiger partial charge in [-0.05, 0) is 61.4 Å². The zero-order chi connectivity index (χ0) is 24.4. The van der Waals surface area contributed by atoms with Crippen molar-refractivity contribution in [2.24, 2.45) is 0 Å². The number of carbonyl (C=O) groups is 1. The second kappa shape index (κ2) is 9.47. The molecule has 0 radical (unpaired) electrons. The van der Waals surface area contributed by atoms with Crippen molar-refractivity contribution in [2.75, 3.05) is 5.32 Å². The number of benzene rings is 2. The van der Waals surface area contributed by atoms with E-state index >= 15 is 0 Å². The molecule has 9 nitrogen and oxygen atoms in total. The largest absolute Gasteiger partial charge is 0.468 e. The van der Waals surface area contributed by atoms with Gasteiger partial charge in [-0.3, -0.25) is 14.2 Å². The van der Waals surface area contributed by atoms with Crippen LogP contribution in [-0.2, 0) is 29.5 Å². The maximum absolute atomic E-state index is 12.9. The van der Waals surface area contributed by atoms with Crippen LogP contribution in [0.4, 0.5) is 5.69 Å². The van der Waals surface area contributed by atoms with Gasteiger partial charge in [-0.1, -0.05) is 12.5 Å². The molecule has 35 heavy (non-hydrogen) atoms. The third kappa shape index (κ3) is 4.89. The summed E-state index contributed by atoms with van der Waals surface area (Å²) in [7, 11) is -3.81. The van der Waals surface area contributed by atoms with Crippen molar-refractivity contribution in [1.29, 1.82) is 0 Å². The van der Waals surface area contributed by atoms with E-state index in [1.165, 1.54) is 18.4 Å². The number of rotatable bonds is 6. The number of aromatic nitrogens is 2. The number of nitrogens with zero attached hydrogens (tertiary/aromatic N) is 2. The molecule has 180 valence electrons. The molecule has 1 amide bonds. The highest BCUT2D eigenvalue weighted by Crippen LogP contribution is 2.19. The molecular weight excluding hydrogens is 468 g/mol. The number of nitrogens with one attached hydrogen (secondary N) is 2. The molecule has 0 fully saturated rings. The lowest BCUT2D eigenvalue weighted by Crippen LogP contribution is -2.24. The number of hydrogen-bond donors (Lipinski definition) is 2. The number of carbonyl (C=O) groups excluding carboxylic acids is 1. The molecule has 0 atom stereocenters. The van der Waals surface area contributed by atoms with Crippen LogP contribution in [0, 0.1) is 0 Å². The van der Waals surface area contributed by atoms with Crippen LogP contribution >= 0.6 is 0 Å². The summed E-state index contributed by atoms with van der Waals surface area (Å²) < 4.78 is 34.7. The lowest BCUT2D eigenvalue weighted by Gasteiger charge is -2.11. The van der Waals surface area contributed by atoms with Gasteiger partial charge in [0.2, 0.25) is 10.0 Å². The number of fused-ring (bicyclic) bond motifs is 2. The molecule has 0 saturated heterocycles. The van der Waals surface area contributed by atoms with Crippen LogP contribution in [0.2, 0.25) is 0 Å². The zero-order valence-corrected chi connectivity index (χ0v) is 19.7. The molecule has 10 heteroatoms. The van der Waals surface area contributed by atoms with Crippen LogP contribution in [0.1, 0.15) is 41.2 Å². The van der Waals surface area contributed by atoms with Crippen LogP contribution < -0.4 is 15.6 Å². The third-order valence-corrected chi connectivity index (χ3v) is 7.40. The number of aryl methyl sites for hydroxylation is 1. The highest BCUT2D eigenvalue weighted by Gasteiger charge is 2.17. The van der Waals surface area contributed by atoms with Gasteiger partial charge in [0.05, 0.1) is 28.6 Å². The average Bonchev–Trinajstić information content (AvgIpc) is 3.27. The summed E-state index contributed by atoms with van der Waals surface area (Å²) in [5.74, 6) is 0.804. The highest BCUT2D eigenvalue weighted by atomic mass is 32.2. The topological polar surface area (TPSA) is 123 Å². The van der Waals surface area contributed by atoms with E-state index < -0.39 is 15.9 Å². The van der Waals surface area contributed by atoms with Gasteiger partial charge in [0.15, 0.2) is 0 Å². The summed E-state index contributed by atoms with van der Waals surface area (Å²) in [5, 5.41) is 3.21. The Kier molecular flexibility index (Phi) is 6.23. The first kappa shape index (κ1) is 23.0. The molecule has 4 aromatic rings. The Morgan fingerprint density at radius 1 is 1.06 bits per heavy atom. The summed E-state index contributed by atoms with van der Waals surface area (Å²) >= 11 is 0. The van der Waals surface area contributed by atoms with Crippen molar-refractivity contribution in [3.8, 4) is 0 Å². The summed E-state index contributed by atoms with van der Waals surface area (Å²) in [4.78, 5) is 30.5. The van der Waals surface area contributed by atoms with Crippen LogP contribution in [0.15, 0.2) is 75.0 Å². The van der Waals surface area contributed by atoms with Gasteiger partial charge < -0.3 is 9.73 Å².